The van der Waals surface area contributed by atoms with Crippen molar-refractivity contribution >= 4 is 5.95 Å². The van der Waals surface area contributed by atoms with Crippen LogP contribution in [0.5, 0.6) is 0 Å². The first-order chi connectivity index (χ1) is 10.2. The van der Waals surface area contributed by atoms with E-state index in [9.17, 15) is 5.11 Å². The van der Waals surface area contributed by atoms with Crippen LogP contribution < -0.4 is 5.32 Å². The lowest BCUT2D eigenvalue weighted by Gasteiger charge is -2.17. The molecule has 3 rings (SSSR count). The number of fused-ring (bicyclic) bond motifs is 1. The van der Waals surface area contributed by atoms with Gasteiger partial charge in [0.1, 0.15) is 0 Å². The van der Waals surface area contributed by atoms with E-state index in [0.717, 1.165) is 36.2 Å². The molecule has 21 heavy (non-hydrogen) atoms. The fourth-order valence-corrected chi connectivity index (χ4v) is 2.87. The topological polar surface area (TPSA) is 70.9 Å². The second-order valence-electron chi connectivity index (χ2n) is 5.33. The van der Waals surface area contributed by atoms with Crippen molar-refractivity contribution in [1.29, 1.82) is 0 Å². The van der Waals surface area contributed by atoms with Gasteiger partial charge in [0.2, 0.25) is 5.95 Å². The van der Waals surface area contributed by atoms with Gasteiger partial charge in [0, 0.05) is 0 Å². The molecule has 5 nitrogen and oxygen atoms in total. The average Bonchev–Trinajstić information content (AvgIpc) is 2.84. The summed E-state index contributed by atoms with van der Waals surface area (Å²) in [6.07, 6.45) is 1.92. The Balaban J connectivity index is 1.79. The summed E-state index contributed by atoms with van der Waals surface area (Å²) in [6.45, 7) is 4.11. The third-order valence-electron chi connectivity index (χ3n) is 4.02. The van der Waals surface area contributed by atoms with Crippen LogP contribution >= 0.6 is 0 Å². The van der Waals surface area contributed by atoms with Gasteiger partial charge < -0.3 is 10.4 Å². The summed E-state index contributed by atoms with van der Waals surface area (Å²) in [4.78, 5) is 4.53. The number of rotatable bonds is 4. The Morgan fingerprint density at radius 1 is 1.14 bits per heavy atom. The van der Waals surface area contributed by atoms with Crippen molar-refractivity contribution < 1.29 is 5.11 Å². The molecule has 0 saturated carbocycles. The van der Waals surface area contributed by atoms with E-state index in [1.165, 1.54) is 5.56 Å². The van der Waals surface area contributed by atoms with Crippen LogP contribution in [0.1, 0.15) is 42.5 Å². The number of aryl methyl sites for hydroxylation is 2. The molecule has 1 aromatic carbocycles. The number of benzene rings is 1. The van der Waals surface area contributed by atoms with Crippen molar-refractivity contribution in [1.82, 2.24) is 15.2 Å². The molecule has 0 aliphatic heterocycles. The lowest BCUT2D eigenvalue weighted by Crippen LogP contribution is -2.26. The van der Waals surface area contributed by atoms with Gasteiger partial charge >= 0.3 is 0 Å². The molecule has 0 bridgehead atoms. The molecule has 110 valence electrons. The summed E-state index contributed by atoms with van der Waals surface area (Å²) in [6, 6.07) is 7.88. The van der Waals surface area contributed by atoms with Gasteiger partial charge in [-0.15, -0.1) is 5.10 Å². The van der Waals surface area contributed by atoms with Crippen LogP contribution in [-0.4, -0.2) is 26.3 Å². The van der Waals surface area contributed by atoms with Gasteiger partial charge in [0.05, 0.1) is 23.5 Å². The van der Waals surface area contributed by atoms with E-state index in [1.54, 1.807) is 0 Å². The van der Waals surface area contributed by atoms with E-state index in [2.05, 4.69) is 40.4 Å². The average molecular weight is 284 g/mol. The molecular formula is C16H20N4O. The maximum atomic E-state index is 10.4. The third kappa shape index (κ3) is 2.61. The first kappa shape index (κ1) is 13.9. The summed E-state index contributed by atoms with van der Waals surface area (Å²) < 4.78 is 0. The summed E-state index contributed by atoms with van der Waals surface area (Å²) in [5.41, 5.74) is 4.08. The zero-order valence-electron chi connectivity index (χ0n) is 12.4. The van der Waals surface area contributed by atoms with Crippen LogP contribution in [0.2, 0.25) is 0 Å². The summed E-state index contributed by atoms with van der Waals surface area (Å²) in [5, 5.41) is 22.0. The third-order valence-corrected chi connectivity index (χ3v) is 4.02. The van der Waals surface area contributed by atoms with Crippen LogP contribution in [0, 0.1) is 0 Å². The molecule has 0 saturated heterocycles. The predicted molar refractivity (Wildman–Crippen MR) is 81.1 cm³/mol. The minimum Gasteiger partial charge on any atom is -0.386 e. The highest BCUT2D eigenvalue weighted by molar-refractivity contribution is 5.40. The zero-order chi connectivity index (χ0) is 14.8. The number of aliphatic hydroxyl groups is 1. The monoisotopic (exact) mass is 284 g/mol. The number of nitrogens with one attached hydrogen (secondary N) is 1. The number of nitrogens with zero attached hydrogens (tertiary/aromatic N) is 3. The maximum Gasteiger partial charge on any atom is 0.243 e. The van der Waals surface area contributed by atoms with Crippen molar-refractivity contribution in [2.24, 2.45) is 0 Å². The summed E-state index contributed by atoms with van der Waals surface area (Å²) in [7, 11) is 0. The van der Waals surface area contributed by atoms with Gasteiger partial charge in [-0.05, 0) is 30.4 Å². The maximum absolute atomic E-state index is 10.4. The zero-order valence-corrected chi connectivity index (χ0v) is 12.4. The van der Waals surface area contributed by atoms with E-state index in [0.29, 0.717) is 5.95 Å². The van der Waals surface area contributed by atoms with Crippen LogP contribution in [0.25, 0.3) is 0 Å². The molecular weight excluding hydrogens is 264 g/mol. The lowest BCUT2D eigenvalue weighted by atomic mass is 10.1. The first-order valence-corrected chi connectivity index (χ1v) is 7.47. The summed E-state index contributed by atoms with van der Waals surface area (Å²) in [5.74, 6) is 0.501. The van der Waals surface area contributed by atoms with Gasteiger partial charge in [-0.2, -0.15) is 5.10 Å². The van der Waals surface area contributed by atoms with Gasteiger partial charge in [-0.25, -0.2) is 4.98 Å². The van der Waals surface area contributed by atoms with Crippen molar-refractivity contribution in [2.75, 3.05) is 5.32 Å². The molecule has 2 N–H and O–H groups in total. The van der Waals surface area contributed by atoms with Gasteiger partial charge in [-0.3, -0.25) is 0 Å². The molecule has 0 fully saturated rings. The Labute approximate surface area is 124 Å². The smallest absolute Gasteiger partial charge is 0.243 e. The molecule has 1 aliphatic carbocycles. The van der Waals surface area contributed by atoms with E-state index in [4.69, 9.17) is 0 Å². The molecule has 2 atom stereocenters. The molecule has 1 aromatic heterocycles. The molecule has 0 amide bonds. The number of aromatic nitrogens is 3. The normalized spacial score (nSPS) is 20.3. The molecule has 1 aliphatic rings. The highest BCUT2D eigenvalue weighted by Crippen LogP contribution is 2.32. The Hall–Kier alpha value is -2.01. The van der Waals surface area contributed by atoms with E-state index < -0.39 is 6.10 Å². The molecule has 0 spiro atoms. The second-order valence-corrected chi connectivity index (χ2v) is 5.33. The molecule has 2 unspecified atom stereocenters. The van der Waals surface area contributed by atoms with Crippen LogP contribution in [0.4, 0.5) is 5.95 Å². The van der Waals surface area contributed by atoms with Gasteiger partial charge in [0.25, 0.3) is 0 Å². The molecule has 1 heterocycles. The minimum atomic E-state index is -0.527. The molecule has 5 heteroatoms. The number of hydrogen-bond donors (Lipinski definition) is 2. The lowest BCUT2D eigenvalue weighted by molar-refractivity contribution is 0.166. The Kier molecular flexibility index (Phi) is 3.84. The predicted octanol–water partition coefficient (Wildman–Crippen LogP) is 2.07. The molecule has 0 radical (unpaired) electrons. The fourth-order valence-electron chi connectivity index (χ4n) is 2.87. The van der Waals surface area contributed by atoms with Crippen molar-refractivity contribution in [2.45, 2.75) is 45.3 Å². The first-order valence-electron chi connectivity index (χ1n) is 7.47. The van der Waals surface area contributed by atoms with E-state index >= 15 is 0 Å². The van der Waals surface area contributed by atoms with Crippen molar-refractivity contribution in [3.8, 4) is 0 Å². The number of hydrogen-bond acceptors (Lipinski definition) is 5. The van der Waals surface area contributed by atoms with Crippen molar-refractivity contribution in [3.05, 3.63) is 46.8 Å². The SMILES string of the molecule is CCc1nnc(NC2Cc3ccccc3C2O)nc1CC. The quantitative estimate of drug-likeness (QED) is 0.899. The number of anilines is 1. The number of aliphatic hydroxyl groups excluding tert-OH is 1. The van der Waals surface area contributed by atoms with Crippen LogP contribution in [-0.2, 0) is 19.3 Å². The Morgan fingerprint density at radius 3 is 2.62 bits per heavy atom. The van der Waals surface area contributed by atoms with Crippen LogP contribution in [0.3, 0.4) is 0 Å². The van der Waals surface area contributed by atoms with E-state index in [-0.39, 0.29) is 6.04 Å². The van der Waals surface area contributed by atoms with E-state index in [1.807, 2.05) is 18.2 Å². The van der Waals surface area contributed by atoms with Crippen molar-refractivity contribution in [3.63, 3.8) is 0 Å². The Bertz CT molecular complexity index is 644. The Morgan fingerprint density at radius 2 is 1.90 bits per heavy atom. The van der Waals surface area contributed by atoms with Gasteiger partial charge in [0.15, 0.2) is 0 Å². The minimum absolute atomic E-state index is 0.0959. The van der Waals surface area contributed by atoms with Crippen LogP contribution in [0.15, 0.2) is 24.3 Å². The highest BCUT2D eigenvalue weighted by atomic mass is 16.3. The van der Waals surface area contributed by atoms with Gasteiger partial charge in [-0.1, -0.05) is 38.1 Å². The standard InChI is InChI=1S/C16H20N4O/c1-3-12-13(4-2)19-20-16(17-12)18-14-9-10-7-5-6-8-11(10)15(14)21/h5-8,14-15,21H,3-4,9H2,1-2H3,(H,17,18,20). The summed E-state index contributed by atoms with van der Waals surface area (Å²) >= 11 is 0. The molecule has 2 aromatic rings. The highest BCUT2D eigenvalue weighted by Gasteiger charge is 2.31. The second kappa shape index (κ2) is 5.77. The largest absolute Gasteiger partial charge is 0.386 e. The fraction of sp³-hybridized carbons (Fsp3) is 0.438.